The molecule has 1 aliphatic heterocycles. The Hall–Kier alpha value is -3.78. The lowest BCUT2D eigenvalue weighted by atomic mass is 10.00. The number of benzene rings is 2. The topological polar surface area (TPSA) is 145 Å². The molecule has 37 heavy (non-hydrogen) atoms. The van der Waals surface area contributed by atoms with Crippen molar-refractivity contribution in [1.29, 1.82) is 5.26 Å². The maximum absolute atomic E-state index is 12.6. The first-order valence-corrected chi connectivity index (χ1v) is 12.3. The number of ether oxygens (including phenoxy) is 1. The number of aliphatic hydroxyl groups excluding tert-OH is 2. The highest BCUT2D eigenvalue weighted by molar-refractivity contribution is 5.78. The van der Waals surface area contributed by atoms with Crippen LogP contribution in [0.5, 0.6) is 5.75 Å². The lowest BCUT2D eigenvalue weighted by Crippen LogP contribution is -2.45. The summed E-state index contributed by atoms with van der Waals surface area (Å²) in [4.78, 5) is 19.0. The van der Waals surface area contributed by atoms with Crippen LogP contribution in [0.2, 0.25) is 0 Å². The summed E-state index contributed by atoms with van der Waals surface area (Å²) < 4.78 is 11.2. The summed E-state index contributed by atoms with van der Waals surface area (Å²) in [6, 6.07) is 12.9. The van der Waals surface area contributed by atoms with E-state index in [1.54, 1.807) is 23.1 Å². The highest BCUT2D eigenvalue weighted by Crippen LogP contribution is 2.29. The fourth-order valence-corrected chi connectivity index (χ4v) is 4.21. The number of fused-ring (bicyclic) bond motifs is 1. The van der Waals surface area contributed by atoms with Crippen LogP contribution in [0.4, 0.5) is 0 Å². The van der Waals surface area contributed by atoms with Crippen molar-refractivity contribution in [2.75, 3.05) is 32.8 Å². The smallest absolute Gasteiger partial charge is 0.258 e. The molecule has 0 fully saturated rings. The summed E-state index contributed by atoms with van der Waals surface area (Å²) in [6.07, 6.45) is 1.36. The van der Waals surface area contributed by atoms with Crippen LogP contribution in [0.3, 0.4) is 0 Å². The molecule has 3 aromatic rings. The zero-order chi connectivity index (χ0) is 26.4. The summed E-state index contributed by atoms with van der Waals surface area (Å²) in [5, 5.41) is 34.9. The van der Waals surface area contributed by atoms with Crippen molar-refractivity contribution in [1.82, 2.24) is 20.4 Å². The van der Waals surface area contributed by atoms with Crippen molar-refractivity contribution in [3.05, 3.63) is 53.1 Å². The molecular formula is C27H31N5O5. The average molecular weight is 506 g/mol. The van der Waals surface area contributed by atoms with Gasteiger partial charge in [-0.1, -0.05) is 17.3 Å². The van der Waals surface area contributed by atoms with Crippen molar-refractivity contribution in [3.8, 4) is 34.7 Å². The van der Waals surface area contributed by atoms with E-state index in [0.29, 0.717) is 48.1 Å². The first kappa shape index (κ1) is 26.3. The lowest BCUT2D eigenvalue weighted by molar-refractivity contribution is -0.130. The van der Waals surface area contributed by atoms with Crippen LogP contribution in [0.1, 0.15) is 30.5 Å². The Morgan fingerprint density at radius 3 is 2.57 bits per heavy atom. The summed E-state index contributed by atoms with van der Waals surface area (Å²) in [6.45, 7) is 4.58. The molecule has 194 valence electrons. The number of hydrogen-bond donors (Lipinski definition) is 3. The molecule has 0 aliphatic carbocycles. The van der Waals surface area contributed by atoms with E-state index in [-0.39, 0.29) is 31.8 Å². The number of nitrogens with one attached hydrogen (secondary N) is 1. The molecule has 10 nitrogen and oxygen atoms in total. The number of hydrogen-bond acceptors (Lipinski definition) is 9. The van der Waals surface area contributed by atoms with E-state index >= 15 is 0 Å². The predicted octanol–water partition coefficient (Wildman–Crippen LogP) is 1.93. The van der Waals surface area contributed by atoms with Crippen LogP contribution < -0.4 is 10.1 Å². The van der Waals surface area contributed by atoms with E-state index in [1.807, 2.05) is 32.0 Å². The molecule has 0 radical (unpaired) electrons. The molecule has 2 aromatic carbocycles. The van der Waals surface area contributed by atoms with Gasteiger partial charge in [-0.05, 0) is 62.1 Å². The molecule has 0 bridgehead atoms. The van der Waals surface area contributed by atoms with Gasteiger partial charge in [0.05, 0.1) is 37.5 Å². The van der Waals surface area contributed by atoms with E-state index in [4.69, 9.17) is 9.26 Å². The Balaban J connectivity index is 1.46. The van der Waals surface area contributed by atoms with Crippen molar-refractivity contribution in [2.45, 2.75) is 38.8 Å². The Labute approximate surface area is 215 Å². The first-order chi connectivity index (χ1) is 17.9. The van der Waals surface area contributed by atoms with E-state index in [1.165, 1.54) is 5.56 Å². The molecule has 10 heteroatoms. The number of aliphatic hydroxyl groups is 2. The van der Waals surface area contributed by atoms with Gasteiger partial charge in [0.1, 0.15) is 11.8 Å². The quantitative estimate of drug-likeness (QED) is 0.397. The van der Waals surface area contributed by atoms with Crippen LogP contribution in [0.15, 0.2) is 40.9 Å². The second-order valence-electron chi connectivity index (χ2n) is 9.22. The normalized spacial score (nSPS) is 13.4. The van der Waals surface area contributed by atoms with Gasteiger partial charge in [-0.3, -0.25) is 4.79 Å². The molecule has 1 aromatic heterocycles. The summed E-state index contributed by atoms with van der Waals surface area (Å²) >= 11 is 0. The number of nitriles is 1. The largest absolute Gasteiger partial charge is 0.490 e. The molecule has 0 atom stereocenters. The van der Waals surface area contributed by atoms with Gasteiger partial charge < -0.3 is 29.7 Å². The Morgan fingerprint density at radius 2 is 1.86 bits per heavy atom. The van der Waals surface area contributed by atoms with E-state index < -0.39 is 6.04 Å². The van der Waals surface area contributed by atoms with Crippen molar-refractivity contribution in [2.24, 2.45) is 0 Å². The number of carbonyl (C=O) groups excluding carboxylic acids is 1. The van der Waals surface area contributed by atoms with Gasteiger partial charge in [-0.15, -0.1) is 0 Å². The highest BCUT2D eigenvalue weighted by atomic mass is 16.5. The summed E-state index contributed by atoms with van der Waals surface area (Å²) in [5.74, 6) is 1.20. The Bertz CT molecular complexity index is 1280. The zero-order valence-corrected chi connectivity index (χ0v) is 21.0. The van der Waals surface area contributed by atoms with Crippen molar-refractivity contribution in [3.63, 3.8) is 0 Å². The maximum Gasteiger partial charge on any atom is 0.258 e. The molecule has 2 heterocycles. The number of amides is 1. The standard InChI is InChI=1S/C27H31N5O5/c1-17(2)36-24-6-5-21(12-22(24)13-28)27-30-26(31-37-27)20-4-3-18-7-9-32(10-8-19(18)11-20)25(35)14-29-23(15-33)16-34/h3-6,11-12,17,23,29,33-34H,7-10,14-16H2,1-2H3. The van der Waals surface area contributed by atoms with Gasteiger partial charge in [0, 0.05) is 24.2 Å². The SMILES string of the molecule is CC(C)Oc1ccc(-c2nc(-c3ccc4c(c3)CCN(C(=O)CNC(CO)CO)CC4)no2)cc1C#N. The van der Waals surface area contributed by atoms with Crippen LogP contribution in [-0.2, 0) is 17.6 Å². The maximum atomic E-state index is 12.6. The minimum absolute atomic E-state index is 0.0482. The van der Waals surface area contributed by atoms with E-state index in [2.05, 4.69) is 21.5 Å². The molecule has 0 spiro atoms. The van der Waals surface area contributed by atoms with Crippen LogP contribution in [-0.4, -0.2) is 76.2 Å². The van der Waals surface area contributed by atoms with Gasteiger partial charge in [0.25, 0.3) is 5.89 Å². The Kier molecular flexibility index (Phi) is 8.50. The number of carbonyl (C=O) groups is 1. The molecule has 1 aliphatic rings. The fraction of sp³-hybridized carbons (Fsp3) is 0.407. The van der Waals surface area contributed by atoms with Crippen molar-refractivity contribution < 1.29 is 24.3 Å². The molecular weight excluding hydrogens is 474 g/mol. The fourth-order valence-electron chi connectivity index (χ4n) is 4.21. The average Bonchev–Trinajstić information content (AvgIpc) is 3.30. The highest BCUT2D eigenvalue weighted by Gasteiger charge is 2.21. The predicted molar refractivity (Wildman–Crippen MR) is 136 cm³/mol. The molecule has 0 saturated carbocycles. The molecule has 0 unspecified atom stereocenters. The molecule has 3 N–H and O–H groups in total. The van der Waals surface area contributed by atoms with Gasteiger partial charge in [0.15, 0.2) is 0 Å². The van der Waals surface area contributed by atoms with Crippen LogP contribution >= 0.6 is 0 Å². The monoisotopic (exact) mass is 505 g/mol. The summed E-state index contributed by atoms with van der Waals surface area (Å²) in [7, 11) is 0. The van der Waals surface area contributed by atoms with E-state index in [9.17, 15) is 20.3 Å². The van der Waals surface area contributed by atoms with Crippen molar-refractivity contribution >= 4 is 5.91 Å². The number of rotatable bonds is 9. The van der Waals surface area contributed by atoms with Crippen LogP contribution in [0.25, 0.3) is 22.8 Å². The third kappa shape index (κ3) is 6.32. The van der Waals surface area contributed by atoms with E-state index in [0.717, 1.165) is 17.5 Å². The second kappa shape index (κ2) is 12.0. The van der Waals surface area contributed by atoms with Gasteiger partial charge >= 0.3 is 0 Å². The van der Waals surface area contributed by atoms with Crippen LogP contribution in [0, 0.1) is 11.3 Å². The number of nitrogens with zero attached hydrogens (tertiary/aromatic N) is 4. The third-order valence-electron chi connectivity index (χ3n) is 6.24. The van der Waals surface area contributed by atoms with Gasteiger partial charge in [-0.2, -0.15) is 10.2 Å². The Morgan fingerprint density at radius 1 is 1.14 bits per heavy atom. The molecule has 1 amide bonds. The second-order valence-corrected chi connectivity index (χ2v) is 9.22. The molecule has 4 rings (SSSR count). The van der Waals surface area contributed by atoms with Gasteiger partial charge in [-0.25, -0.2) is 0 Å². The third-order valence-corrected chi connectivity index (χ3v) is 6.24. The summed E-state index contributed by atoms with van der Waals surface area (Å²) in [5.41, 5.74) is 4.13. The first-order valence-electron chi connectivity index (χ1n) is 12.3. The zero-order valence-electron chi connectivity index (χ0n) is 21.0. The lowest BCUT2D eigenvalue weighted by Gasteiger charge is -2.22. The molecule has 0 saturated heterocycles. The minimum Gasteiger partial charge on any atom is -0.490 e. The minimum atomic E-state index is -0.506. The number of aromatic nitrogens is 2. The van der Waals surface area contributed by atoms with Gasteiger partial charge in [0.2, 0.25) is 11.7 Å².